The van der Waals surface area contributed by atoms with Gasteiger partial charge in [-0.1, -0.05) is 0 Å². The maximum Gasteiger partial charge on any atom is 0.246 e. The van der Waals surface area contributed by atoms with Crippen LogP contribution in [-0.4, -0.2) is 41.4 Å². The first-order valence-electron chi connectivity index (χ1n) is 6.94. The molecule has 1 aliphatic heterocycles. The molecule has 1 fully saturated rings. The largest absolute Gasteiger partial charge is 0.330 e. The van der Waals surface area contributed by atoms with Gasteiger partial charge in [-0.25, -0.2) is 0 Å². The summed E-state index contributed by atoms with van der Waals surface area (Å²) in [6.45, 7) is 3.05. The second kappa shape index (κ2) is 4.16. The number of carbonyl (C=O) groups is 1. The first-order chi connectivity index (χ1) is 9.74. The van der Waals surface area contributed by atoms with Crippen LogP contribution in [-0.2, 0) is 17.9 Å². The van der Waals surface area contributed by atoms with Crippen LogP contribution in [0.25, 0.3) is 0 Å². The lowest BCUT2D eigenvalue weighted by Gasteiger charge is -2.32. The van der Waals surface area contributed by atoms with Gasteiger partial charge in [-0.2, -0.15) is 5.10 Å². The highest BCUT2D eigenvalue weighted by molar-refractivity contribution is 5.81. The molecule has 1 saturated carbocycles. The molecule has 0 N–H and O–H groups in total. The molecule has 104 valence electrons. The molecule has 3 heterocycles. The molecule has 0 radical (unpaired) electrons. The van der Waals surface area contributed by atoms with E-state index in [1.807, 2.05) is 28.7 Å². The van der Waals surface area contributed by atoms with Crippen molar-refractivity contribution >= 4 is 5.91 Å². The van der Waals surface area contributed by atoms with Crippen LogP contribution in [0.15, 0.2) is 18.5 Å². The number of aromatic nitrogens is 5. The fourth-order valence-corrected chi connectivity index (χ4v) is 2.84. The summed E-state index contributed by atoms with van der Waals surface area (Å²) in [7, 11) is 0. The quantitative estimate of drug-likeness (QED) is 0.820. The molecule has 1 aliphatic carbocycles. The van der Waals surface area contributed by atoms with E-state index >= 15 is 0 Å². The number of fused-ring (bicyclic) bond motifs is 1. The zero-order chi connectivity index (χ0) is 13.7. The second-order valence-corrected chi connectivity index (χ2v) is 5.48. The third-order valence-corrected chi connectivity index (χ3v) is 4.03. The molecule has 7 nitrogen and oxygen atoms in total. The predicted molar refractivity (Wildman–Crippen MR) is 69.6 cm³/mol. The minimum atomic E-state index is -0.222. The van der Waals surface area contributed by atoms with E-state index in [1.165, 1.54) is 0 Å². The lowest BCUT2D eigenvalue weighted by atomic mass is 10.2. The van der Waals surface area contributed by atoms with Gasteiger partial charge in [0.15, 0.2) is 11.6 Å². The Labute approximate surface area is 116 Å². The first kappa shape index (κ1) is 11.6. The number of rotatable bonds is 3. The predicted octanol–water partition coefficient (Wildman–Crippen LogP) is 0.588. The van der Waals surface area contributed by atoms with Crippen molar-refractivity contribution in [1.82, 2.24) is 29.4 Å². The molecule has 2 aromatic heterocycles. The highest BCUT2D eigenvalue weighted by Gasteiger charge is 2.40. The van der Waals surface area contributed by atoms with Crippen molar-refractivity contribution < 1.29 is 4.79 Å². The SMILES string of the molecule is CC1C(=O)N(C2CC2)Cc2nnc(Cn3cccn3)n21. The van der Waals surface area contributed by atoms with Gasteiger partial charge in [0.05, 0.1) is 6.54 Å². The third kappa shape index (κ3) is 1.73. The number of hydrogen-bond donors (Lipinski definition) is 0. The summed E-state index contributed by atoms with van der Waals surface area (Å²) in [6.07, 6.45) is 5.85. The Hall–Kier alpha value is -2.18. The molecular weight excluding hydrogens is 256 g/mol. The maximum atomic E-state index is 12.4. The number of nitrogens with zero attached hydrogens (tertiary/aromatic N) is 6. The summed E-state index contributed by atoms with van der Waals surface area (Å²) in [5.41, 5.74) is 0. The molecule has 0 bridgehead atoms. The van der Waals surface area contributed by atoms with Gasteiger partial charge < -0.3 is 4.90 Å². The van der Waals surface area contributed by atoms with Gasteiger partial charge in [-0.15, -0.1) is 10.2 Å². The smallest absolute Gasteiger partial charge is 0.246 e. The van der Waals surface area contributed by atoms with Gasteiger partial charge in [0.2, 0.25) is 5.91 Å². The molecule has 0 saturated heterocycles. The highest BCUT2D eigenvalue weighted by atomic mass is 16.2. The Morgan fingerprint density at radius 1 is 1.35 bits per heavy atom. The number of carbonyl (C=O) groups excluding carboxylic acids is 1. The van der Waals surface area contributed by atoms with Crippen LogP contribution in [0, 0.1) is 0 Å². The first-order valence-corrected chi connectivity index (χ1v) is 6.94. The van der Waals surface area contributed by atoms with Crippen LogP contribution in [0.2, 0.25) is 0 Å². The molecule has 0 spiro atoms. The Balaban J connectivity index is 1.67. The van der Waals surface area contributed by atoms with Crippen molar-refractivity contribution in [2.75, 3.05) is 0 Å². The van der Waals surface area contributed by atoms with Gasteiger partial charge in [0.1, 0.15) is 12.6 Å². The van der Waals surface area contributed by atoms with Crippen molar-refractivity contribution in [3.63, 3.8) is 0 Å². The molecule has 2 aromatic rings. The summed E-state index contributed by atoms with van der Waals surface area (Å²) in [5, 5.41) is 12.7. The molecule has 20 heavy (non-hydrogen) atoms. The van der Waals surface area contributed by atoms with E-state index in [0.29, 0.717) is 19.1 Å². The summed E-state index contributed by atoms with van der Waals surface area (Å²) < 4.78 is 3.75. The van der Waals surface area contributed by atoms with Crippen LogP contribution < -0.4 is 0 Å². The average Bonchev–Trinajstić information content (AvgIpc) is 3.01. The Morgan fingerprint density at radius 3 is 2.90 bits per heavy atom. The normalized spacial score (nSPS) is 22.1. The zero-order valence-electron chi connectivity index (χ0n) is 11.3. The Bertz CT molecular complexity index is 642. The molecule has 1 atom stereocenters. The van der Waals surface area contributed by atoms with E-state index in [1.54, 1.807) is 10.9 Å². The van der Waals surface area contributed by atoms with Gasteiger partial charge >= 0.3 is 0 Å². The van der Waals surface area contributed by atoms with Crippen LogP contribution >= 0.6 is 0 Å². The summed E-state index contributed by atoms with van der Waals surface area (Å²) >= 11 is 0. The summed E-state index contributed by atoms with van der Waals surface area (Å²) in [4.78, 5) is 14.4. The number of amides is 1. The topological polar surface area (TPSA) is 68.8 Å². The fourth-order valence-electron chi connectivity index (χ4n) is 2.84. The minimum absolute atomic E-state index is 0.182. The second-order valence-electron chi connectivity index (χ2n) is 5.48. The minimum Gasteiger partial charge on any atom is -0.330 e. The molecule has 4 rings (SSSR count). The Kier molecular flexibility index (Phi) is 2.42. The van der Waals surface area contributed by atoms with Crippen LogP contribution in [0.4, 0.5) is 0 Å². The lowest BCUT2D eigenvalue weighted by molar-refractivity contribution is -0.137. The third-order valence-electron chi connectivity index (χ3n) is 4.03. The van der Waals surface area contributed by atoms with E-state index in [9.17, 15) is 4.79 Å². The van der Waals surface area contributed by atoms with Crippen molar-refractivity contribution in [2.45, 2.75) is 44.9 Å². The molecule has 2 aliphatic rings. The average molecular weight is 272 g/mol. The van der Waals surface area contributed by atoms with Crippen LogP contribution in [0.1, 0.15) is 37.5 Å². The Morgan fingerprint density at radius 2 is 2.20 bits per heavy atom. The zero-order valence-corrected chi connectivity index (χ0v) is 11.3. The molecule has 1 unspecified atom stereocenters. The monoisotopic (exact) mass is 272 g/mol. The fraction of sp³-hybridized carbons (Fsp3) is 0.538. The standard InChI is InChI=1S/C13H16N6O/c1-9-13(20)18(10-3-4-10)8-12-16-15-11(19(9)12)7-17-6-2-5-14-17/h2,5-6,9-10H,3-4,7-8H2,1H3. The van der Waals surface area contributed by atoms with E-state index in [2.05, 4.69) is 15.3 Å². The van der Waals surface area contributed by atoms with E-state index < -0.39 is 0 Å². The lowest BCUT2D eigenvalue weighted by Crippen LogP contribution is -2.43. The van der Waals surface area contributed by atoms with Gasteiger partial charge in [0.25, 0.3) is 0 Å². The summed E-state index contributed by atoms with van der Waals surface area (Å²) in [6, 6.07) is 2.07. The van der Waals surface area contributed by atoms with Gasteiger partial charge in [-0.05, 0) is 25.8 Å². The van der Waals surface area contributed by atoms with E-state index in [-0.39, 0.29) is 11.9 Å². The van der Waals surface area contributed by atoms with Crippen molar-refractivity contribution in [3.8, 4) is 0 Å². The van der Waals surface area contributed by atoms with Crippen molar-refractivity contribution in [3.05, 3.63) is 30.1 Å². The molecule has 7 heteroatoms. The van der Waals surface area contributed by atoms with Gasteiger partial charge in [-0.3, -0.25) is 14.0 Å². The number of hydrogen-bond acceptors (Lipinski definition) is 4. The van der Waals surface area contributed by atoms with E-state index in [4.69, 9.17) is 0 Å². The highest BCUT2D eigenvalue weighted by Crippen LogP contribution is 2.33. The maximum absolute atomic E-state index is 12.4. The van der Waals surface area contributed by atoms with Crippen molar-refractivity contribution in [2.24, 2.45) is 0 Å². The van der Waals surface area contributed by atoms with E-state index in [0.717, 1.165) is 24.5 Å². The molecular formula is C13H16N6O. The summed E-state index contributed by atoms with van der Waals surface area (Å²) in [5.74, 6) is 1.85. The molecule has 1 amide bonds. The van der Waals surface area contributed by atoms with Gasteiger partial charge in [0, 0.05) is 18.4 Å². The van der Waals surface area contributed by atoms with Crippen LogP contribution in [0.3, 0.4) is 0 Å². The van der Waals surface area contributed by atoms with Crippen molar-refractivity contribution in [1.29, 1.82) is 0 Å². The van der Waals surface area contributed by atoms with Crippen LogP contribution in [0.5, 0.6) is 0 Å². The molecule has 0 aromatic carbocycles.